The van der Waals surface area contributed by atoms with Gasteiger partial charge in [-0.2, -0.15) is 0 Å². The fourth-order valence-corrected chi connectivity index (χ4v) is 3.18. The van der Waals surface area contributed by atoms with Crippen LogP contribution in [-0.4, -0.2) is 16.0 Å². The summed E-state index contributed by atoms with van der Waals surface area (Å²) in [6.07, 6.45) is 0. The van der Waals surface area contributed by atoms with Gasteiger partial charge in [0.15, 0.2) is 10.7 Å². The van der Waals surface area contributed by atoms with Crippen LogP contribution in [0.1, 0.15) is 21.5 Å². The van der Waals surface area contributed by atoms with E-state index < -0.39 is 0 Å². The third kappa shape index (κ3) is 4.17. The monoisotopic (exact) mass is 401 g/mol. The van der Waals surface area contributed by atoms with Crippen LogP contribution in [0.2, 0.25) is 0 Å². The van der Waals surface area contributed by atoms with Gasteiger partial charge in [0, 0.05) is 22.9 Å². The summed E-state index contributed by atoms with van der Waals surface area (Å²) in [4.78, 5) is 16.9. The van der Waals surface area contributed by atoms with Gasteiger partial charge in [-0.05, 0) is 62.0 Å². The van der Waals surface area contributed by atoms with Gasteiger partial charge in [-0.1, -0.05) is 35.9 Å². The van der Waals surface area contributed by atoms with Crippen LogP contribution < -0.4 is 10.6 Å². The lowest BCUT2D eigenvalue weighted by atomic mass is 10.1. The minimum absolute atomic E-state index is 0.216. The number of aryl methyl sites for hydroxylation is 2. The Bertz CT molecular complexity index is 1210. The summed E-state index contributed by atoms with van der Waals surface area (Å²) in [6, 6.07) is 20.8. The predicted molar refractivity (Wildman–Crippen MR) is 119 cm³/mol. The second-order valence-corrected chi connectivity index (χ2v) is 7.20. The summed E-state index contributed by atoms with van der Waals surface area (Å²) in [5, 5.41) is 5.92. The van der Waals surface area contributed by atoms with Crippen LogP contribution in [0, 0.1) is 13.8 Å². The normalized spacial score (nSPS) is 10.7. The highest BCUT2D eigenvalue weighted by Crippen LogP contribution is 2.28. The van der Waals surface area contributed by atoms with Crippen molar-refractivity contribution in [3.63, 3.8) is 0 Å². The Morgan fingerprint density at radius 1 is 1.00 bits per heavy atom. The molecule has 0 aliphatic heterocycles. The number of fused-ring (bicyclic) bond motifs is 1. The number of benzene rings is 3. The van der Waals surface area contributed by atoms with Gasteiger partial charge in [0.2, 0.25) is 5.89 Å². The third-order valence-corrected chi connectivity index (χ3v) is 4.77. The fraction of sp³-hybridized carbons (Fsp3) is 0.0870. The topological polar surface area (TPSA) is 67.2 Å². The molecule has 1 amide bonds. The van der Waals surface area contributed by atoms with Crippen molar-refractivity contribution < 1.29 is 9.21 Å². The molecule has 144 valence electrons. The van der Waals surface area contributed by atoms with E-state index in [1.54, 1.807) is 12.1 Å². The lowest BCUT2D eigenvalue weighted by Gasteiger charge is -2.09. The van der Waals surface area contributed by atoms with E-state index in [0.717, 1.165) is 22.2 Å². The minimum atomic E-state index is -0.259. The number of rotatable bonds is 3. The fourth-order valence-electron chi connectivity index (χ4n) is 2.97. The van der Waals surface area contributed by atoms with Crippen molar-refractivity contribution in [1.29, 1.82) is 0 Å². The van der Waals surface area contributed by atoms with Crippen LogP contribution in [0.3, 0.4) is 0 Å². The average Bonchev–Trinajstić information content (AvgIpc) is 3.11. The Kier molecular flexibility index (Phi) is 5.10. The molecule has 0 radical (unpaired) electrons. The third-order valence-electron chi connectivity index (χ3n) is 4.56. The first-order valence-corrected chi connectivity index (χ1v) is 9.56. The van der Waals surface area contributed by atoms with Crippen molar-refractivity contribution in [3.05, 3.63) is 83.4 Å². The molecule has 0 atom stereocenters. The number of hydrogen-bond acceptors (Lipinski definition) is 4. The predicted octanol–water partition coefficient (Wildman–Crippen LogP) is 5.24. The van der Waals surface area contributed by atoms with Crippen LogP contribution in [0.4, 0.5) is 5.69 Å². The number of amides is 1. The number of carbonyl (C=O) groups is 1. The van der Waals surface area contributed by atoms with Gasteiger partial charge in [0.05, 0.1) is 0 Å². The van der Waals surface area contributed by atoms with Crippen molar-refractivity contribution in [2.75, 3.05) is 5.32 Å². The molecule has 1 heterocycles. The highest BCUT2D eigenvalue weighted by Gasteiger charge is 2.12. The molecule has 6 heteroatoms. The van der Waals surface area contributed by atoms with Crippen LogP contribution >= 0.6 is 12.2 Å². The van der Waals surface area contributed by atoms with Crippen molar-refractivity contribution >= 4 is 40.0 Å². The van der Waals surface area contributed by atoms with Gasteiger partial charge < -0.3 is 9.73 Å². The van der Waals surface area contributed by atoms with E-state index >= 15 is 0 Å². The van der Waals surface area contributed by atoms with Gasteiger partial charge in [0.25, 0.3) is 5.91 Å². The lowest BCUT2D eigenvalue weighted by Crippen LogP contribution is -2.34. The summed E-state index contributed by atoms with van der Waals surface area (Å²) in [6.45, 7) is 3.99. The van der Waals surface area contributed by atoms with E-state index in [0.29, 0.717) is 22.7 Å². The van der Waals surface area contributed by atoms with Crippen molar-refractivity contribution in [3.8, 4) is 11.5 Å². The molecule has 2 N–H and O–H groups in total. The van der Waals surface area contributed by atoms with Crippen LogP contribution in [-0.2, 0) is 0 Å². The lowest BCUT2D eigenvalue weighted by molar-refractivity contribution is 0.0977. The molecule has 5 nitrogen and oxygen atoms in total. The largest absolute Gasteiger partial charge is 0.436 e. The number of anilines is 1. The summed E-state index contributed by atoms with van der Waals surface area (Å²) < 4.78 is 5.94. The number of aromatic nitrogens is 1. The zero-order valence-electron chi connectivity index (χ0n) is 16.0. The Morgan fingerprint density at radius 2 is 1.76 bits per heavy atom. The standard InChI is InChI=1S/C23H19N3O2S/c1-14-7-9-16(10-8-14)21(27)26-23(29)24-17-11-12-19-20(13-17)28-22(25-19)18-6-4-3-5-15(18)2/h3-13H,1-2H3,(H2,24,26,27,29). The number of nitrogens with zero attached hydrogens (tertiary/aromatic N) is 1. The number of thiocarbonyl (C=S) groups is 1. The maximum atomic E-state index is 12.3. The molecule has 0 aliphatic carbocycles. The minimum Gasteiger partial charge on any atom is -0.436 e. The Hall–Kier alpha value is -3.51. The molecule has 0 saturated carbocycles. The van der Waals surface area contributed by atoms with Gasteiger partial charge in [0.1, 0.15) is 5.52 Å². The quantitative estimate of drug-likeness (QED) is 0.460. The molecule has 0 fully saturated rings. The molecule has 0 saturated heterocycles. The van der Waals surface area contributed by atoms with E-state index in [4.69, 9.17) is 16.6 Å². The molecule has 4 rings (SSSR count). The first-order chi connectivity index (χ1) is 14.0. The van der Waals surface area contributed by atoms with Crippen molar-refractivity contribution in [1.82, 2.24) is 10.3 Å². The van der Waals surface area contributed by atoms with Crippen LogP contribution in [0.25, 0.3) is 22.6 Å². The summed E-state index contributed by atoms with van der Waals surface area (Å²) in [5.74, 6) is 0.315. The molecule has 1 aromatic heterocycles. The molecular weight excluding hydrogens is 382 g/mol. The van der Waals surface area contributed by atoms with Crippen molar-refractivity contribution in [2.45, 2.75) is 13.8 Å². The van der Waals surface area contributed by atoms with Crippen LogP contribution in [0.5, 0.6) is 0 Å². The summed E-state index contributed by atoms with van der Waals surface area (Å²) in [7, 11) is 0. The van der Waals surface area contributed by atoms with E-state index in [2.05, 4.69) is 15.6 Å². The summed E-state index contributed by atoms with van der Waals surface area (Å²) in [5.41, 5.74) is 5.79. The average molecular weight is 401 g/mol. The van der Waals surface area contributed by atoms with E-state index in [9.17, 15) is 4.79 Å². The van der Waals surface area contributed by atoms with E-state index in [1.807, 2.05) is 68.4 Å². The number of hydrogen-bond donors (Lipinski definition) is 2. The second kappa shape index (κ2) is 7.85. The molecule has 0 aliphatic rings. The summed E-state index contributed by atoms with van der Waals surface area (Å²) >= 11 is 5.27. The molecule has 29 heavy (non-hydrogen) atoms. The smallest absolute Gasteiger partial charge is 0.257 e. The highest BCUT2D eigenvalue weighted by atomic mass is 32.1. The zero-order valence-corrected chi connectivity index (χ0v) is 16.8. The van der Waals surface area contributed by atoms with E-state index in [-0.39, 0.29) is 11.0 Å². The second-order valence-electron chi connectivity index (χ2n) is 6.79. The van der Waals surface area contributed by atoms with Gasteiger partial charge in [-0.15, -0.1) is 0 Å². The molecule has 4 aromatic rings. The van der Waals surface area contributed by atoms with Gasteiger partial charge >= 0.3 is 0 Å². The Labute approximate surface area is 173 Å². The molecule has 0 bridgehead atoms. The van der Waals surface area contributed by atoms with Crippen molar-refractivity contribution in [2.24, 2.45) is 0 Å². The number of carbonyl (C=O) groups excluding carboxylic acids is 1. The molecule has 0 unspecified atom stereocenters. The van der Waals surface area contributed by atoms with Gasteiger partial charge in [-0.25, -0.2) is 4.98 Å². The first kappa shape index (κ1) is 18.8. The first-order valence-electron chi connectivity index (χ1n) is 9.15. The SMILES string of the molecule is Cc1ccc(C(=O)NC(=S)Nc2ccc3nc(-c4ccccc4C)oc3c2)cc1. The maximum absolute atomic E-state index is 12.3. The Morgan fingerprint density at radius 3 is 2.52 bits per heavy atom. The highest BCUT2D eigenvalue weighted by molar-refractivity contribution is 7.80. The Balaban J connectivity index is 1.49. The molecular formula is C23H19N3O2S. The van der Waals surface area contributed by atoms with Gasteiger partial charge in [-0.3, -0.25) is 10.1 Å². The number of nitrogens with one attached hydrogen (secondary N) is 2. The number of oxazole rings is 1. The molecule has 0 spiro atoms. The van der Waals surface area contributed by atoms with E-state index in [1.165, 1.54) is 0 Å². The maximum Gasteiger partial charge on any atom is 0.257 e. The molecule has 3 aromatic carbocycles. The zero-order chi connectivity index (χ0) is 20.4. The van der Waals surface area contributed by atoms with Crippen LogP contribution in [0.15, 0.2) is 71.1 Å².